The van der Waals surface area contributed by atoms with Crippen molar-refractivity contribution in [2.24, 2.45) is 5.92 Å². The fourth-order valence-electron chi connectivity index (χ4n) is 1.21. The zero-order chi connectivity index (χ0) is 12.8. The highest BCUT2D eigenvalue weighted by molar-refractivity contribution is 9.10. The number of anilines is 1. The van der Waals surface area contributed by atoms with Crippen LogP contribution in [0.3, 0.4) is 0 Å². The van der Waals surface area contributed by atoms with E-state index < -0.39 is 0 Å². The van der Waals surface area contributed by atoms with E-state index in [1.807, 2.05) is 38.1 Å². The van der Waals surface area contributed by atoms with Gasteiger partial charge >= 0.3 is 6.03 Å². The molecule has 0 fully saturated rings. The van der Waals surface area contributed by atoms with Crippen LogP contribution in [0.25, 0.3) is 0 Å². The molecule has 0 aromatic heterocycles. The van der Waals surface area contributed by atoms with Crippen LogP contribution in [-0.4, -0.2) is 23.8 Å². The molecule has 0 aliphatic carbocycles. The molecule has 2 atom stereocenters. The lowest BCUT2D eigenvalue weighted by molar-refractivity contribution is 0.204. The zero-order valence-electron chi connectivity index (χ0n) is 9.90. The van der Waals surface area contributed by atoms with Crippen molar-refractivity contribution in [1.82, 2.24) is 5.32 Å². The quantitative estimate of drug-likeness (QED) is 0.800. The molecule has 0 saturated carbocycles. The van der Waals surface area contributed by atoms with Crippen molar-refractivity contribution >= 4 is 27.6 Å². The Morgan fingerprint density at radius 1 is 1.35 bits per heavy atom. The van der Waals surface area contributed by atoms with Crippen LogP contribution in [0, 0.1) is 5.92 Å². The van der Waals surface area contributed by atoms with E-state index in [1.54, 1.807) is 0 Å². The molecule has 0 radical (unpaired) electrons. The van der Waals surface area contributed by atoms with Crippen LogP contribution in [0.2, 0.25) is 0 Å². The molecular formula is C12H17BrN2O2. The van der Waals surface area contributed by atoms with Crippen LogP contribution in [0.4, 0.5) is 10.5 Å². The average Bonchev–Trinajstić information content (AvgIpc) is 2.30. The number of hydrogen-bond acceptors (Lipinski definition) is 2. The van der Waals surface area contributed by atoms with Gasteiger partial charge in [0.2, 0.25) is 0 Å². The van der Waals surface area contributed by atoms with Gasteiger partial charge in [-0.05, 0) is 37.1 Å². The van der Waals surface area contributed by atoms with E-state index in [4.69, 9.17) is 5.11 Å². The number of carbonyl (C=O) groups excluding carboxylic acids is 1. The Kier molecular flexibility index (Phi) is 5.44. The Bertz CT molecular complexity index is 367. The zero-order valence-corrected chi connectivity index (χ0v) is 11.5. The van der Waals surface area contributed by atoms with Gasteiger partial charge in [-0.3, -0.25) is 0 Å². The number of rotatable bonds is 4. The molecule has 4 nitrogen and oxygen atoms in total. The first kappa shape index (κ1) is 14.0. The van der Waals surface area contributed by atoms with Gasteiger partial charge in [-0.2, -0.15) is 0 Å². The van der Waals surface area contributed by atoms with Gasteiger partial charge in [0.25, 0.3) is 0 Å². The number of aliphatic hydroxyl groups excluding tert-OH is 1. The predicted molar refractivity (Wildman–Crippen MR) is 72.0 cm³/mol. The molecule has 0 heterocycles. The van der Waals surface area contributed by atoms with E-state index in [-0.39, 0.29) is 24.6 Å². The van der Waals surface area contributed by atoms with Gasteiger partial charge in [0.15, 0.2) is 0 Å². The van der Waals surface area contributed by atoms with E-state index in [9.17, 15) is 4.79 Å². The van der Waals surface area contributed by atoms with Crippen LogP contribution < -0.4 is 10.6 Å². The van der Waals surface area contributed by atoms with Gasteiger partial charge in [0.05, 0.1) is 0 Å². The molecule has 0 aliphatic heterocycles. The maximum absolute atomic E-state index is 11.6. The number of amides is 2. The molecule has 94 valence electrons. The number of aliphatic hydroxyl groups is 1. The summed E-state index contributed by atoms with van der Waals surface area (Å²) in [6.07, 6.45) is 0. The molecule has 0 aliphatic rings. The molecule has 17 heavy (non-hydrogen) atoms. The first-order chi connectivity index (χ1) is 8.02. The molecule has 1 aromatic carbocycles. The Morgan fingerprint density at radius 3 is 2.47 bits per heavy atom. The number of halogens is 1. The first-order valence-electron chi connectivity index (χ1n) is 5.47. The van der Waals surface area contributed by atoms with Gasteiger partial charge in [0.1, 0.15) is 0 Å². The molecule has 3 N–H and O–H groups in total. The summed E-state index contributed by atoms with van der Waals surface area (Å²) in [4.78, 5) is 11.6. The fraction of sp³-hybridized carbons (Fsp3) is 0.417. The number of benzene rings is 1. The molecule has 1 aromatic rings. The minimum absolute atomic E-state index is 0.0330. The largest absolute Gasteiger partial charge is 0.396 e. The Labute approximate surface area is 110 Å². The molecule has 1 rings (SSSR count). The fourth-order valence-corrected chi connectivity index (χ4v) is 1.47. The summed E-state index contributed by atoms with van der Waals surface area (Å²) in [6, 6.07) is 6.99. The van der Waals surface area contributed by atoms with Crippen LogP contribution in [0.1, 0.15) is 13.8 Å². The summed E-state index contributed by atoms with van der Waals surface area (Å²) in [5.41, 5.74) is 0.731. The Balaban J connectivity index is 2.47. The monoisotopic (exact) mass is 300 g/mol. The average molecular weight is 301 g/mol. The lowest BCUT2D eigenvalue weighted by atomic mass is 10.1. The normalized spacial score (nSPS) is 13.9. The molecule has 2 amide bonds. The summed E-state index contributed by atoms with van der Waals surface area (Å²) in [7, 11) is 0. The molecule has 0 bridgehead atoms. The van der Waals surface area contributed by atoms with Gasteiger partial charge in [-0.15, -0.1) is 0 Å². The topological polar surface area (TPSA) is 61.4 Å². The number of nitrogens with one attached hydrogen (secondary N) is 2. The van der Waals surface area contributed by atoms with Crippen LogP contribution >= 0.6 is 15.9 Å². The molecule has 0 saturated heterocycles. The minimum atomic E-state index is -0.264. The second-order valence-corrected chi connectivity index (χ2v) is 4.97. The predicted octanol–water partition coefficient (Wildman–Crippen LogP) is 2.59. The lowest BCUT2D eigenvalue weighted by Gasteiger charge is -2.19. The highest BCUT2D eigenvalue weighted by Crippen LogP contribution is 2.14. The molecule has 5 heteroatoms. The van der Waals surface area contributed by atoms with Gasteiger partial charge in [0, 0.05) is 22.8 Å². The first-order valence-corrected chi connectivity index (χ1v) is 6.26. The molecule has 2 unspecified atom stereocenters. The minimum Gasteiger partial charge on any atom is -0.396 e. The third-order valence-corrected chi connectivity index (χ3v) is 3.13. The third-order valence-electron chi connectivity index (χ3n) is 2.60. The van der Waals surface area contributed by atoms with Crippen molar-refractivity contribution in [1.29, 1.82) is 0 Å². The number of hydrogen-bond donors (Lipinski definition) is 3. The summed E-state index contributed by atoms with van der Waals surface area (Å²) in [6.45, 7) is 3.80. The van der Waals surface area contributed by atoms with Crippen molar-refractivity contribution in [3.05, 3.63) is 28.7 Å². The number of carbonyl (C=O) groups is 1. The second-order valence-electron chi connectivity index (χ2n) is 4.05. The lowest BCUT2D eigenvalue weighted by Crippen LogP contribution is -2.40. The SMILES string of the molecule is CC(CO)C(C)NC(=O)Nc1ccc(Br)cc1. The van der Waals surface area contributed by atoms with Crippen LogP contribution in [-0.2, 0) is 0 Å². The van der Waals surface area contributed by atoms with E-state index in [0.717, 1.165) is 10.2 Å². The molecule has 0 spiro atoms. The summed E-state index contributed by atoms with van der Waals surface area (Å²) in [5, 5.41) is 14.5. The smallest absolute Gasteiger partial charge is 0.319 e. The maximum atomic E-state index is 11.6. The molecular weight excluding hydrogens is 284 g/mol. The summed E-state index contributed by atoms with van der Waals surface area (Å²) < 4.78 is 0.964. The van der Waals surface area contributed by atoms with Crippen LogP contribution in [0.15, 0.2) is 28.7 Å². The van der Waals surface area contributed by atoms with E-state index in [2.05, 4.69) is 26.6 Å². The van der Waals surface area contributed by atoms with Gasteiger partial charge < -0.3 is 15.7 Å². The van der Waals surface area contributed by atoms with Gasteiger partial charge in [-0.1, -0.05) is 22.9 Å². The van der Waals surface area contributed by atoms with Crippen molar-refractivity contribution in [2.45, 2.75) is 19.9 Å². The highest BCUT2D eigenvalue weighted by Gasteiger charge is 2.13. The van der Waals surface area contributed by atoms with Crippen molar-refractivity contribution in [3.63, 3.8) is 0 Å². The Morgan fingerprint density at radius 2 is 1.94 bits per heavy atom. The standard InChI is InChI=1S/C12H17BrN2O2/c1-8(7-16)9(2)14-12(17)15-11-5-3-10(13)4-6-11/h3-6,8-9,16H,7H2,1-2H3,(H2,14,15,17). The highest BCUT2D eigenvalue weighted by atomic mass is 79.9. The van der Waals surface area contributed by atoms with Crippen molar-refractivity contribution in [2.75, 3.05) is 11.9 Å². The van der Waals surface area contributed by atoms with E-state index >= 15 is 0 Å². The van der Waals surface area contributed by atoms with Crippen molar-refractivity contribution < 1.29 is 9.90 Å². The van der Waals surface area contributed by atoms with E-state index in [1.165, 1.54) is 0 Å². The second kappa shape index (κ2) is 6.61. The maximum Gasteiger partial charge on any atom is 0.319 e. The summed E-state index contributed by atoms with van der Waals surface area (Å²) >= 11 is 3.32. The van der Waals surface area contributed by atoms with Crippen LogP contribution in [0.5, 0.6) is 0 Å². The van der Waals surface area contributed by atoms with Crippen molar-refractivity contribution in [3.8, 4) is 0 Å². The summed E-state index contributed by atoms with van der Waals surface area (Å²) in [5.74, 6) is 0.0330. The van der Waals surface area contributed by atoms with Gasteiger partial charge in [-0.25, -0.2) is 4.79 Å². The number of urea groups is 1. The third kappa shape index (κ3) is 4.75. The Hall–Kier alpha value is -1.07. The van der Waals surface area contributed by atoms with E-state index in [0.29, 0.717) is 0 Å².